The molecule has 118 valence electrons. The Hall–Kier alpha value is -1.13. The smallest absolute Gasteiger partial charge is 0.0638 e. The minimum Gasteiger partial charge on any atom is -0.302 e. The first-order valence-corrected chi connectivity index (χ1v) is 8.28. The lowest BCUT2D eigenvalue weighted by atomic mass is 10.2. The van der Waals surface area contributed by atoms with Crippen LogP contribution in [0.15, 0.2) is 18.9 Å². The molecule has 1 saturated heterocycles. The molecule has 0 aromatic carbocycles. The third-order valence-electron chi connectivity index (χ3n) is 4.60. The van der Waals surface area contributed by atoms with Crippen LogP contribution in [0.4, 0.5) is 0 Å². The van der Waals surface area contributed by atoms with Gasteiger partial charge in [-0.15, -0.1) is 6.58 Å². The highest BCUT2D eigenvalue weighted by Crippen LogP contribution is 2.22. The molecular weight excluding hydrogens is 260 g/mol. The van der Waals surface area contributed by atoms with Gasteiger partial charge in [0, 0.05) is 30.9 Å². The number of aromatic nitrogens is 2. The number of allylic oxidation sites excluding steroid dienone is 1. The van der Waals surface area contributed by atoms with Crippen molar-refractivity contribution in [3.8, 4) is 0 Å². The van der Waals surface area contributed by atoms with Gasteiger partial charge in [-0.05, 0) is 39.4 Å². The van der Waals surface area contributed by atoms with Gasteiger partial charge >= 0.3 is 0 Å². The van der Waals surface area contributed by atoms with Crippen molar-refractivity contribution in [1.82, 2.24) is 19.6 Å². The summed E-state index contributed by atoms with van der Waals surface area (Å²) in [7, 11) is 0. The van der Waals surface area contributed by atoms with Crippen LogP contribution in [0.2, 0.25) is 0 Å². The second-order valence-electron chi connectivity index (χ2n) is 6.00. The molecule has 0 saturated carbocycles. The van der Waals surface area contributed by atoms with Crippen molar-refractivity contribution >= 4 is 0 Å². The number of hydrogen-bond acceptors (Lipinski definition) is 3. The lowest BCUT2D eigenvalue weighted by Crippen LogP contribution is -2.40. The zero-order chi connectivity index (χ0) is 15.2. The van der Waals surface area contributed by atoms with Crippen LogP contribution in [0.1, 0.15) is 37.9 Å². The summed E-state index contributed by atoms with van der Waals surface area (Å²) in [5.74, 6) is 0. The highest BCUT2D eigenvalue weighted by atomic mass is 15.3. The molecule has 0 spiro atoms. The van der Waals surface area contributed by atoms with E-state index >= 15 is 0 Å². The Morgan fingerprint density at radius 2 is 2.19 bits per heavy atom. The van der Waals surface area contributed by atoms with Gasteiger partial charge in [-0.2, -0.15) is 5.10 Å². The lowest BCUT2D eigenvalue weighted by Gasteiger charge is -2.29. The molecule has 1 aliphatic rings. The van der Waals surface area contributed by atoms with Gasteiger partial charge in [0.1, 0.15) is 0 Å². The summed E-state index contributed by atoms with van der Waals surface area (Å²) >= 11 is 0. The number of rotatable bonds is 8. The molecule has 1 aliphatic heterocycles. The van der Waals surface area contributed by atoms with Crippen LogP contribution in [-0.2, 0) is 13.1 Å². The molecule has 0 unspecified atom stereocenters. The highest BCUT2D eigenvalue weighted by molar-refractivity contribution is 5.16. The molecule has 21 heavy (non-hydrogen) atoms. The summed E-state index contributed by atoms with van der Waals surface area (Å²) < 4.78 is 1.99. The number of likely N-dealkylation sites (tertiary alicyclic amines) is 1. The van der Waals surface area contributed by atoms with Gasteiger partial charge in [-0.25, -0.2) is 0 Å². The van der Waals surface area contributed by atoms with Crippen LogP contribution in [0.5, 0.6) is 0 Å². The highest BCUT2D eigenvalue weighted by Gasteiger charge is 2.26. The number of nitrogens with zero attached hydrogens (tertiary/aromatic N) is 4. The van der Waals surface area contributed by atoms with Gasteiger partial charge in [0.2, 0.25) is 0 Å². The van der Waals surface area contributed by atoms with E-state index < -0.39 is 0 Å². The van der Waals surface area contributed by atoms with Gasteiger partial charge in [0.15, 0.2) is 0 Å². The first-order valence-electron chi connectivity index (χ1n) is 8.28. The molecule has 2 rings (SSSR count). The SMILES string of the molecule is C=CCn1cc(CN2CCC[C@H]2CN(CC)CC)c(C)n1. The molecule has 1 aromatic rings. The maximum Gasteiger partial charge on any atom is 0.0638 e. The molecular formula is C17H30N4. The van der Waals surface area contributed by atoms with Crippen LogP contribution in [0.3, 0.4) is 0 Å². The Bertz CT molecular complexity index is 448. The van der Waals surface area contributed by atoms with Crippen LogP contribution >= 0.6 is 0 Å². The van der Waals surface area contributed by atoms with Gasteiger partial charge in [-0.3, -0.25) is 9.58 Å². The second kappa shape index (κ2) is 7.76. The molecule has 1 fully saturated rings. The molecule has 0 radical (unpaired) electrons. The standard InChI is InChI=1S/C17H30N4/c1-5-10-21-13-16(15(4)18-21)12-20-11-8-9-17(20)14-19(6-2)7-3/h5,13,17H,1,6-12,14H2,2-4H3/t17-/m0/s1. The van der Waals surface area contributed by atoms with E-state index in [4.69, 9.17) is 0 Å². The predicted octanol–water partition coefficient (Wildman–Crippen LogP) is 2.68. The Morgan fingerprint density at radius 1 is 1.43 bits per heavy atom. The summed E-state index contributed by atoms with van der Waals surface area (Å²) in [4.78, 5) is 5.18. The van der Waals surface area contributed by atoms with Crippen molar-refractivity contribution in [2.45, 2.75) is 52.7 Å². The van der Waals surface area contributed by atoms with Crippen molar-refractivity contribution in [3.63, 3.8) is 0 Å². The maximum atomic E-state index is 4.57. The molecule has 0 N–H and O–H groups in total. The largest absolute Gasteiger partial charge is 0.302 e. The molecule has 4 heteroatoms. The van der Waals surface area contributed by atoms with E-state index in [9.17, 15) is 0 Å². The van der Waals surface area contributed by atoms with Crippen LogP contribution in [0.25, 0.3) is 0 Å². The van der Waals surface area contributed by atoms with Gasteiger partial charge in [0.05, 0.1) is 12.2 Å². The Labute approximate surface area is 129 Å². The van der Waals surface area contributed by atoms with Gasteiger partial charge < -0.3 is 4.90 Å². The summed E-state index contributed by atoms with van der Waals surface area (Å²) in [5, 5.41) is 4.57. The molecule has 1 aromatic heterocycles. The van der Waals surface area contributed by atoms with E-state index in [0.717, 1.165) is 31.9 Å². The quantitative estimate of drug-likeness (QED) is 0.688. The van der Waals surface area contributed by atoms with E-state index in [-0.39, 0.29) is 0 Å². The average molecular weight is 290 g/mol. The summed E-state index contributed by atoms with van der Waals surface area (Å²) in [6, 6.07) is 0.701. The van der Waals surface area contributed by atoms with Gasteiger partial charge in [-0.1, -0.05) is 19.9 Å². The second-order valence-corrected chi connectivity index (χ2v) is 6.00. The van der Waals surface area contributed by atoms with Gasteiger partial charge in [0.25, 0.3) is 0 Å². The topological polar surface area (TPSA) is 24.3 Å². The van der Waals surface area contributed by atoms with Crippen LogP contribution in [0, 0.1) is 6.92 Å². The minimum absolute atomic E-state index is 0.701. The predicted molar refractivity (Wildman–Crippen MR) is 88.4 cm³/mol. The zero-order valence-corrected chi connectivity index (χ0v) is 13.9. The molecule has 0 amide bonds. The summed E-state index contributed by atoms with van der Waals surface area (Å²) in [6.45, 7) is 17.0. The van der Waals surface area contributed by atoms with E-state index in [0.29, 0.717) is 6.04 Å². The molecule has 0 bridgehead atoms. The Morgan fingerprint density at radius 3 is 2.86 bits per heavy atom. The fraction of sp³-hybridized carbons (Fsp3) is 0.706. The fourth-order valence-electron chi connectivity index (χ4n) is 3.25. The summed E-state index contributed by atoms with van der Waals surface area (Å²) in [6.07, 6.45) is 6.74. The molecule has 4 nitrogen and oxygen atoms in total. The minimum atomic E-state index is 0.701. The van der Waals surface area contributed by atoms with Crippen LogP contribution < -0.4 is 0 Å². The van der Waals surface area contributed by atoms with E-state index in [1.807, 2.05) is 10.8 Å². The van der Waals surface area contributed by atoms with Crippen molar-refractivity contribution in [2.24, 2.45) is 0 Å². The summed E-state index contributed by atoms with van der Waals surface area (Å²) in [5.41, 5.74) is 2.52. The number of hydrogen-bond donors (Lipinski definition) is 0. The van der Waals surface area contributed by atoms with E-state index in [2.05, 4.69) is 48.4 Å². The Kier molecular flexibility index (Phi) is 6.00. The van der Waals surface area contributed by atoms with Crippen molar-refractivity contribution in [2.75, 3.05) is 26.2 Å². The molecule has 1 atom stereocenters. The number of aryl methyl sites for hydroxylation is 1. The number of likely N-dealkylation sites (N-methyl/N-ethyl adjacent to an activating group) is 1. The van der Waals surface area contributed by atoms with Crippen molar-refractivity contribution in [1.29, 1.82) is 0 Å². The monoisotopic (exact) mass is 290 g/mol. The van der Waals surface area contributed by atoms with E-state index in [1.165, 1.54) is 31.5 Å². The normalized spacial score (nSPS) is 19.5. The van der Waals surface area contributed by atoms with Crippen LogP contribution in [-0.4, -0.2) is 51.8 Å². The average Bonchev–Trinajstić information content (AvgIpc) is 3.04. The van der Waals surface area contributed by atoms with Crippen molar-refractivity contribution < 1.29 is 0 Å². The Balaban J connectivity index is 1.98. The molecule has 0 aliphatic carbocycles. The fourth-order valence-corrected chi connectivity index (χ4v) is 3.25. The first kappa shape index (κ1) is 16.2. The van der Waals surface area contributed by atoms with Crippen molar-refractivity contribution in [3.05, 3.63) is 30.1 Å². The molecule has 2 heterocycles. The third kappa shape index (κ3) is 4.17. The zero-order valence-electron chi connectivity index (χ0n) is 13.9. The lowest BCUT2D eigenvalue weighted by molar-refractivity contribution is 0.175. The van der Waals surface area contributed by atoms with E-state index in [1.54, 1.807) is 0 Å². The third-order valence-corrected chi connectivity index (χ3v) is 4.60. The maximum absolute atomic E-state index is 4.57. The first-order chi connectivity index (χ1) is 10.2.